The van der Waals surface area contributed by atoms with Gasteiger partial charge in [0.1, 0.15) is 0 Å². The molecule has 0 saturated heterocycles. The highest BCUT2D eigenvalue weighted by Crippen LogP contribution is 2.25. The first kappa shape index (κ1) is 15.5. The summed E-state index contributed by atoms with van der Waals surface area (Å²) in [5.41, 5.74) is -0.928. The van der Waals surface area contributed by atoms with Crippen molar-refractivity contribution in [2.24, 2.45) is 0 Å². The number of aryl methyl sites for hydroxylation is 1. The van der Waals surface area contributed by atoms with Gasteiger partial charge in [0.05, 0.1) is 9.82 Å². The third kappa shape index (κ3) is 3.48. The Labute approximate surface area is 110 Å². The molecule has 0 aliphatic carbocycles. The largest absolute Gasteiger partial charge is 0.306 e. The van der Waals surface area contributed by atoms with Gasteiger partial charge in [0.15, 0.2) is 0 Å². The molecule has 1 aromatic carbocycles. The van der Waals surface area contributed by atoms with Crippen LogP contribution in [0.4, 0.5) is 10.1 Å². The Hall–Kier alpha value is -1.54. The smallest absolute Gasteiger partial charge is 0.258 e. The molecule has 1 atom stereocenters. The van der Waals surface area contributed by atoms with E-state index in [0.29, 0.717) is 6.42 Å². The average molecular weight is 290 g/mol. The number of nitro groups is 1. The van der Waals surface area contributed by atoms with Crippen LogP contribution in [-0.4, -0.2) is 19.4 Å². The maximum atomic E-state index is 13.5. The van der Waals surface area contributed by atoms with Crippen molar-refractivity contribution in [3.63, 3.8) is 0 Å². The van der Waals surface area contributed by atoms with Gasteiger partial charge < -0.3 is 0 Å². The molecule has 6 nitrogen and oxygen atoms in total. The minimum absolute atomic E-state index is 0.0845. The van der Waals surface area contributed by atoms with Crippen molar-refractivity contribution in [3.8, 4) is 0 Å². The first-order valence-corrected chi connectivity index (χ1v) is 7.14. The lowest BCUT2D eigenvalue weighted by Gasteiger charge is -2.12. The minimum Gasteiger partial charge on any atom is -0.258 e. The molecule has 106 valence electrons. The van der Waals surface area contributed by atoms with Gasteiger partial charge in [0.25, 0.3) is 0 Å². The lowest BCUT2D eigenvalue weighted by atomic mass is 10.2. The van der Waals surface area contributed by atoms with E-state index in [9.17, 15) is 22.9 Å². The van der Waals surface area contributed by atoms with Crippen molar-refractivity contribution in [1.82, 2.24) is 4.72 Å². The van der Waals surface area contributed by atoms with Crippen LogP contribution < -0.4 is 4.72 Å². The van der Waals surface area contributed by atoms with Gasteiger partial charge in [-0.05, 0) is 31.9 Å². The number of sulfonamides is 1. The number of rotatable bonds is 5. The second-order valence-corrected chi connectivity index (χ2v) is 5.97. The summed E-state index contributed by atoms with van der Waals surface area (Å²) in [4.78, 5) is 9.43. The van der Waals surface area contributed by atoms with Crippen LogP contribution >= 0.6 is 0 Å². The molecule has 1 unspecified atom stereocenters. The van der Waals surface area contributed by atoms with Crippen molar-refractivity contribution in [1.29, 1.82) is 0 Å². The Balaban J connectivity index is 3.32. The molecular formula is C11H15FN2O4S. The Kier molecular flexibility index (Phi) is 4.59. The van der Waals surface area contributed by atoms with E-state index in [4.69, 9.17) is 0 Å². The summed E-state index contributed by atoms with van der Waals surface area (Å²) in [6.45, 7) is 4.75. The molecule has 0 aromatic heterocycles. The fourth-order valence-electron chi connectivity index (χ4n) is 1.42. The lowest BCUT2D eigenvalue weighted by molar-refractivity contribution is -0.387. The standard InChI is InChI=1S/C11H15FN2O4S/c1-4-8(3)13-19(17,18)9-5-7(2)11(12)10(6-9)14(15)16/h5-6,8,13H,4H2,1-3H3. The van der Waals surface area contributed by atoms with Gasteiger partial charge in [-0.1, -0.05) is 6.92 Å². The zero-order valence-electron chi connectivity index (χ0n) is 10.8. The van der Waals surface area contributed by atoms with E-state index in [1.807, 2.05) is 0 Å². The van der Waals surface area contributed by atoms with Crippen LogP contribution in [0.3, 0.4) is 0 Å². The quantitative estimate of drug-likeness (QED) is 0.664. The van der Waals surface area contributed by atoms with Crippen LogP contribution in [0.1, 0.15) is 25.8 Å². The SMILES string of the molecule is CCC(C)NS(=O)(=O)c1cc(C)c(F)c([N+](=O)[O-])c1. The fraction of sp³-hybridized carbons (Fsp3) is 0.455. The van der Waals surface area contributed by atoms with E-state index in [-0.39, 0.29) is 16.5 Å². The number of nitrogens with zero attached hydrogens (tertiary/aromatic N) is 1. The summed E-state index contributed by atoms with van der Waals surface area (Å²) in [7, 11) is -3.89. The molecule has 0 radical (unpaired) electrons. The first-order chi connectivity index (χ1) is 8.69. The van der Waals surface area contributed by atoms with Crippen molar-refractivity contribution in [3.05, 3.63) is 33.6 Å². The molecule has 0 aliphatic heterocycles. The third-order valence-corrected chi connectivity index (χ3v) is 4.25. The van der Waals surface area contributed by atoms with Crippen LogP contribution in [0, 0.1) is 22.9 Å². The van der Waals surface area contributed by atoms with Gasteiger partial charge in [-0.3, -0.25) is 10.1 Å². The molecular weight excluding hydrogens is 275 g/mol. The Bertz CT molecular complexity index is 601. The van der Waals surface area contributed by atoms with Crippen LogP contribution in [0.5, 0.6) is 0 Å². The van der Waals surface area contributed by atoms with Crippen molar-refractivity contribution in [2.75, 3.05) is 0 Å². The predicted octanol–water partition coefficient (Wildman–Crippen LogP) is 2.12. The summed E-state index contributed by atoms with van der Waals surface area (Å²) < 4.78 is 39.8. The Morgan fingerprint density at radius 1 is 1.47 bits per heavy atom. The number of hydrogen-bond donors (Lipinski definition) is 1. The highest BCUT2D eigenvalue weighted by Gasteiger charge is 2.24. The zero-order valence-corrected chi connectivity index (χ0v) is 11.6. The summed E-state index contributed by atoms with van der Waals surface area (Å²) in [6.07, 6.45) is 0.571. The van der Waals surface area contributed by atoms with E-state index >= 15 is 0 Å². The average Bonchev–Trinajstić information content (AvgIpc) is 2.31. The molecule has 0 saturated carbocycles. The molecule has 1 aromatic rings. The van der Waals surface area contributed by atoms with Crippen molar-refractivity contribution < 1.29 is 17.7 Å². The maximum absolute atomic E-state index is 13.5. The topological polar surface area (TPSA) is 89.3 Å². The summed E-state index contributed by atoms with van der Waals surface area (Å²) in [5.74, 6) is -1.02. The van der Waals surface area contributed by atoms with Crippen molar-refractivity contribution in [2.45, 2.75) is 38.1 Å². The van der Waals surface area contributed by atoms with Gasteiger partial charge in [0.2, 0.25) is 15.8 Å². The first-order valence-electron chi connectivity index (χ1n) is 5.66. The maximum Gasteiger partial charge on any atom is 0.306 e. The second kappa shape index (κ2) is 5.62. The van der Waals surface area contributed by atoms with E-state index in [1.54, 1.807) is 13.8 Å². The number of benzene rings is 1. The molecule has 0 spiro atoms. The lowest BCUT2D eigenvalue weighted by Crippen LogP contribution is -2.32. The second-order valence-electron chi connectivity index (χ2n) is 4.26. The number of nitro benzene ring substituents is 1. The normalized spacial score (nSPS) is 13.3. The highest BCUT2D eigenvalue weighted by atomic mass is 32.2. The van der Waals surface area contributed by atoms with Crippen LogP contribution in [0.25, 0.3) is 0 Å². The molecule has 8 heteroatoms. The molecule has 1 N–H and O–H groups in total. The van der Waals surface area contributed by atoms with Gasteiger partial charge in [-0.25, -0.2) is 13.1 Å². The summed E-state index contributed by atoms with van der Waals surface area (Å²) in [5, 5.41) is 10.7. The number of hydrogen-bond acceptors (Lipinski definition) is 4. The van der Waals surface area contributed by atoms with E-state index < -0.39 is 26.5 Å². The molecule has 19 heavy (non-hydrogen) atoms. The highest BCUT2D eigenvalue weighted by molar-refractivity contribution is 7.89. The zero-order chi connectivity index (χ0) is 14.8. The molecule has 0 fully saturated rings. The summed E-state index contributed by atoms with van der Waals surface area (Å²) in [6, 6.07) is 1.49. The molecule has 0 amide bonds. The molecule has 0 heterocycles. The minimum atomic E-state index is -3.89. The Morgan fingerprint density at radius 3 is 2.53 bits per heavy atom. The van der Waals surface area contributed by atoms with E-state index in [2.05, 4.69) is 4.72 Å². The number of nitrogens with one attached hydrogen (secondary N) is 1. The van der Waals surface area contributed by atoms with Gasteiger partial charge in [-0.15, -0.1) is 0 Å². The summed E-state index contributed by atoms with van der Waals surface area (Å²) >= 11 is 0. The Morgan fingerprint density at radius 2 is 2.05 bits per heavy atom. The third-order valence-electron chi connectivity index (χ3n) is 2.68. The van der Waals surface area contributed by atoms with Crippen molar-refractivity contribution >= 4 is 15.7 Å². The molecule has 0 bridgehead atoms. The van der Waals surface area contributed by atoms with Crippen LogP contribution in [-0.2, 0) is 10.0 Å². The predicted molar refractivity (Wildman–Crippen MR) is 67.9 cm³/mol. The van der Waals surface area contributed by atoms with E-state index in [0.717, 1.165) is 12.1 Å². The van der Waals surface area contributed by atoms with Gasteiger partial charge in [0, 0.05) is 12.1 Å². The molecule has 0 aliphatic rings. The number of halogens is 1. The van der Waals surface area contributed by atoms with Crippen LogP contribution in [0.15, 0.2) is 17.0 Å². The van der Waals surface area contributed by atoms with E-state index in [1.165, 1.54) is 6.92 Å². The molecule has 1 rings (SSSR count). The monoisotopic (exact) mass is 290 g/mol. The van der Waals surface area contributed by atoms with Crippen LogP contribution in [0.2, 0.25) is 0 Å². The van der Waals surface area contributed by atoms with Gasteiger partial charge >= 0.3 is 5.69 Å². The fourth-order valence-corrected chi connectivity index (χ4v) is 2.85. The van der Waals surface area contributed by atoms with Gasteiger partial charge in [-0.2, -0.15) is 4.39 Å².